The highest BCUT2D eigenvalue weighted by atomic mass is 32.1. The fourth-order valence-corrected chi connectivity index (χ4v) is 5.36. The summed E-state index contributed by atoms with van der Waals surface area (Å²) in [6.45, 7) is 2.47. The molecule has 44 heavy (non-hydrogen) atoms. The number of hydrogen-bond donors (Lipinski definition) is 2. The van der Waals surface area contributed by atoms with Gasteiger partial charge in [-0.05, 0) is 77.4 Å². The van der Waals surface area contributed by atoms with Crippen molar-refractivity contribution in [3.8, 4) is 22.8 Å². The Labute approximate surface area is 259 Å². The maximum absolute atomic E-state index is 12.7. The smallest absolute Gasteiger partial charge is 0.271 e. The lowest BCUT2D eigenvalue weighted by atomic mass is 10.1. The molecule has 6 aromatic rings. The summed E-state index contributed by atoms with van der Waals surface area (Å²) in [6.07, 6.45) is 1.57. The van der Waals surface area contributed by atoms with Gasteiger partial charge in [0.05, 0.1) is 19.0 Å². The van der Waals surface area contributed by atoms with Crippen LogP contribution in [0.2, 0.25) is 0 Å². The van der Waals surface area contributed by atoms with Crippen LogP contribution in [0, 0.1) is 6.92 Å². The first-order chi connectivity index (χ1) is 21.5. The summed E-state index contributed by atoms with van der Waals surface area (Å²) in [5.74, 6) is 0.895. The lowest BCUT2D eigenvalue weighted by molar-refractivity contribution is 0.0955. The van der Waals surface area contributed by atoms with Crippen molar-refractivity contribution >= 4 is 45.0 Å². The van der Waals surface area contributed by atoms with Gasteiger partial charge in [-0.25, -0.2) is 10.4 Å². The van der Waals surface area contributed by atoms with Crippen molar-refractivity contribution in [3.05, 3.63) is 137 Å². The normalized spacial score (nSPS) is 11.0. The third kappa shape index (κ3) is 6.94. The van der Waals surface area contributed by atoms with Crippen molar-refractivity contribution in [2.45, 2.75) is 13.5 Å². The van der Waals surface area contributed by atoms with Gasteiger partial charge >= 0.3 is 0 Å². The topological polar surface area (TPSA) is 84.8 Å². The number of aryl methyl sites for hydroxylation is 1. The third-order valence-electron chi connectivity index (χ3n) is 7.03. The van der Waals surface area contributed by atoms with Gasteiger partial charge in [0.25, 0.3) is 5.91 Å². The molecule has 6 rings (SSSR count). The van der Waals surface area contributed by atoms with Crippen LogP contribution in [-0.2, 0) is 6.61 Å². The molecule has 0 radical (unpaired) electrons. The van der Waals surface area contributed by atoms with Crippen molar-refractivity contribution in [3.63, 3.8) is 0 Å². The molecule has 1 amide bonds. The summed E-state index contributed by atoms with van der Waals surface area (Å²) in [7, 11) is 1.59. The van der Waals surface area contributed by atoms with Crippen molar-refractivity contribution in [2.75, 3.05) is 12.4 Å². The molecule has 218 valence electrons. The average Bonchev–Trinajstić information content (AvgIpc) is 3.53. The van der Waals surface area contributed by atoms with E-state index in [0.29, 0.717) is 23.7 Å². The summed E-state index contributed by atoms with van der Waals surface area (Å²) < 4.78 is 11.6. The summed E-state index contributed by atoms with van der Waals surface area (Å²) in [5, 5.41) is 12.6. The molecule has 1 aromatic heterocycles. The van der Waals surface area contributed by atoms with Crippen LogP contribution in [0.25, 0.3) is 22.0 Å². The summed E-state index contributed by atoms with van der Waals surface area (Å²) >= 11 is 1.53. The Morgan fingerprint density at radius 1 is 0.886 bits per heavy atom. The molecule has 0 aliphatic rings. The standard InChI is InChI=1S/C36H30N4O3S/c1-24-7-16-31(17-8-24)38-36-39-32(23-44-36)28-12-14-29(15-13-28)35(41)40-37-21-25-10-18-33(34(20-25)42-2)43-22-26-9-11-27-5-3-4-6-30(27)19-26/h3-21,23H,22H2,1-2H3,(H,38,39)(H,40,41)/b37-21-. The molecule has 0 aliphatic heterocycles. The Kier molecular flexibility index (Phi) is 8.61. The van der Waals surface area contributed by atoms with E-state index in [2.05, 4.69) is 70.2 Å². The number of nitrogens with zero attached hydrogens (tertiary/aromatic N) is 2. The molecular weight excluding hydrogens is 568 g/mol. The second-order valence-corrected chi connectivity index (χ2v) is 11.0. The van der Waals surface area contributed by atoms with E-state index in [9.17, 15) is 4.79 Å². The molecule has 5 aromatic carbocycles. The summed E-state index contributed by atoms with van der Waals surface area (Å²) in [5.41, 5.74) is 8.87. The molecule has 0 aliphatic carbocycles. The Morgan fingerprint density at radius 3 is 2.48 bits per heavy atom. The number of carbonyl (C=O) groups is 1. The van der Waals surface area contributed by atoms with Gasteiger partial charge in [-0.1, -0.05) is 66.2 Å². The number of fused-ring (bicyclic) bond motifs is 1. The second kappa shape index (κ2) is 13.2. The lowest BCUT2D eigenvalue weighted by Crippen LogP contribution is -2.17. The molecule has 0 fully saturated rings. The Hall–Kier alpha value is -5.47. The molecule has 0 saturated carbocycles. The van der Waals surface area contributed by atoms with Gasteiger partial charge < -0.3 is 14.8 Å². The zero-order chi connectivity index (χ0) is 30.3. The molecule has 1 heterocycles. The summed E-state index contributed by atoms with van der Waals surface area (Å²) in [6, 6.07) is 35.5. The number of carbonyl (C=O) groups excluding carboxylic acids is 1. The monoisotopic (exact) mass is 598 g/mol. The van der Waals surface area contributed by atoms with E-state index >= 15 is 0 Å². The number of anilines is 2. The van der Waals surface area contributed by atoms with Crippen LogP contribution in [-0.4, -0.2) is 24.2 Å². The van der Waals surface area contributed by atoms with E-state index in [1.54, 1.807) is 25.5 Å². The van der Waals surface area contributed by atoms with E-state index in [0.717, 1.165) is 33.2 Å². The van der Waals surface area contributed by atoms with Crippen LogP contribution >= 0.6 is 11.3 Å². The molecule has 0 saturated heterocycles. The van der Waals surface area contributed by atoms with E-state index in [1.807, 2.05) is 60.0 Å². The second-order valence-electron chi connectivity index (χ2n) is 10.2. The molecular formula is C36H30N4O3S. The SMILES string of the molecule is COc1cc(/C=N\NC(=O)c2ccc(-c3csc(Nc4ccc(C)cc4)n3)cc2)ccc1OCc1ccc2ccccc2c1. The number of hydrogen-bond acceptors (Lipinski definition) is 7. The van der Waals surface area contributed by atoms with Crippen LogP contribution in [0.15, 0.2) is 120 Å². The minimum Gasteiger partial charge on any atom is -0.493 e. The van der Waals surface area contributed by atoms with Gasteiger partial charge in [-0.3, -0.25) is 4.79 Å². The predicted octanol–water partition coefficient (Wildman–Crippen LogP) is 8.37. The number of ether oxygens (including phenoxy) is 2. The number of thiazole rings is 1. The van der Waals surface area contributed by atoms with E-state index in [1.165, 1.54) is 27.7 Å². The zero-order valence-electron chi connectivity index (χ0n) is 24.3. The number of hydrazone groups is 1. The number of rotatable bonds is 10. The molecule has 2 N–H and O–H groups in total. The first-order valence-corrected chi connectivity index (χ1v) is 14.9. The highest BCUT2D eigenvalue weighted by Gasteiger charge is 2.09. The first kappa shape index (κ1) is 28.6. The van der Waals surface area contributed by atoms with E-state index in [4.69, 9.17) is 9.47 Å². The average molecular weight is 599 g/mol. The van der Waals surface area contributed by atoms with Gasteiger partial charge in [0.2, 0.25) is 0 Å². The van der Waals surface area contributed by atoms with Crippen molar-refractivity contribution in [1.29, 1.82) is 0 Å². The fourth-order valence-electron chi connectivity index (χ4n) is 4.62. The predicted molar refractivity (Wildman–Crippen MR) is 178 cm³/mol. The maximum atomic E-state index is 12.7. The van der Waals surface area contributed by atoms with Crippen LogP contribution in [0.1, 0.15) is 27.0 Å². The largest absolute Gasteiger partial charge is 0.493 e. The third-order valence-corrected chi connectivity index (χ3v) is 7.78. The van der Waals surface area contributed by atoms with Gasteiger partial charge in [0.15, 0.2) is 16.6 Å². The van der Waals surface area contributed by atoms with Gasteiger partial charge in [0.1, 0.15) is 6.61 Å². The van der Waals surface area contributed by atoms with Crippen molar-refractivity contribution in [1.82, 2.24) is 10.4 Å². The zero-order valence-corrected chi connectivity index (χ0v) is 25.1. The van der Waals surface area contributed by atoms with E-state index < -0.39 is 0 Å². The van der Waals surface area contributed by atoms with Gasteiger partial charge in [-0.15, -0.1) is 11.3 Å². The number of amides is 1. The van der Waals surface area contributed by atoms with Crippen LogP contribution in [0.3, 0.4) is 0 Å². The van der Waals surface area contributed by atoms with Gasteiger partial charge in [-0.2, -0.15) is 5.10 Å². The Bertz CT molecular complexity index is 1930. The molecule has 0 spiro atoms. The quantitative estimate of drug-likeness (QED) is 0.122. The van der Waals surface area contributed by atoms with E-state index in [-0.39, 0.29) is 5.91 Å². The molecule has 7 nitrogen and oxygen atoms in total. The van der Waals surface area contributed by atoms with Crippen LogP contribution in [0.4, 0.5) is 10.8 Å². The summed E-state index contributed by atoms with van der Waals surface area (Å²) in [4.78, 5) is 17.4. The molecule has 0 bridgehead atoms. The highest BCUT2D eigenvalue weighted by Crippen LogP contribution is 2.29. The maximum Gasteiger partial charge on any atom is 0.271 e. The fraction of sp³-hybridized carbons (Fsp3) is 0.0833. The van der Waals surface area contributed by atoms with Crippen molar-refractivity contribution in [2.24, 2.45) is 5.10 Å². The molecule has 8 heteroatoms. The Balaban J connectivity index is 1.03. The lowest BCUT2D eigenvalue weighted by Gasteiger charge is -2.12. The van der Waals surface area contributed by atoms with Crippen LogP contribution in [0.5, 0.6) is 11.5 Å². The minimum atomic E-state index is -0.310. The number of methoxy groups -OCH3 is 1. The molecule has 0 unspecified atom stereocenters. The number of nitrogens with one attached hydrogen (secondary N) is 2. The first-order valence-electron chi connectivity index (χ1n) is 14.1. The Morgan fingerprint density at radius 2 is 1.68 bits per heavy atom. The van der Waals surface area contributed by atoms with Crippen molar-refractivity contribution < 1.29 is 14.3 Å². The van der Waals surface area contributed by atoms with Crippen LogP contribution < -0.4 is 20.2 Å². The molecule has 0 atom stereocenters. The number of benzene rings is 5. The highest BCUT2D eigenvalue weighted by molar-refractivity contribution is 7.14. The van der Waals surface area contributed by atoms with Gasteiger partial charge in [0, 0.05) is 22.2 Å². The minimum absolute atomic E-state index is 0.310. The number of aromatic nitrogens is 1.